The first kappa shape index (κ1) is 15.7. The summed E-state index contributed by atoms with van der Waals surface area (Å²) in [5.74, 6) is 0.828. The molecule has 2 rings (SSSR count). The molecule has 2 amide bonds. The van der Waals surface area contributed by atoms with E-state index in [1.807, 2.05) is 0 Å². The number of nitrogens with zero attached hydrogens (tertiary/aromatic N) is 4. The molecular weight excluding hydrogens is 296 g/mol. The Hall–Kier alpha value is -1.68. The summed E-state index contributed by atoms with van der Waals surface area (Å²) in [4.78, 5) is 25.4. The van der Waals surface area contributed by atoms with E-state index in [4.69, 9.17) is 4.74 Å². The highest BCUT2D eigenvalue weighted by Gasteiger charge is 2.18. The number of rotatable bonds is 6. The van der Waals surface area contributed by atoms with Crippen molar-refractivity contribution in [3.05, 3.63) is 5.82 Å². The van der Waals surface area contributed by atoms with Crippen molar-refractivity contribution in [3.63, 3.8) is 0 Å². The Morgan fingerprint density at radius 2 is 2.19 bits per heavy atom. The molecule has 1 aliphatic rings. The van der Waals surface area contributed by atoms with Crippen molar-refractivity contribution < 1.29 is 14.3 Å². The van der Waals surface area contributed by atoms with Gasteiger partial charge in [0.2, 0.25) is 11.8 Å². The van der Waals surface area contributed by atoms with Crippen LogP contribution in [0.3, 0.4) is 0 Å². The molecule has 0 radical (unpaired) electrons. The third-order valence-corrected chi connectivity index (χ3v) is 3.87. The molecule has 9 nitrogen and oxygen atoms in total. The summed E-state index contributed by atoms with van der Waals surface area (Å²) in [6, 6.07) is -0.313. The fraction of sp³-hybridized carbons (Fsp3) is 0.727. The van der Waals surface area contributed by atoms with Crippen molar-refractivity contribution in [2.75, 3.05) is 37.8 Å². The van der Waals surface area contributed by atoms with Crippen LogP contribution in [0.15, 0.2) is 0 Å². The van der Waals surface area contributed by atoms with Crippen LogP contribution in [-0.4, -0.2) is 75.1 Å². The lowest BCUT2D eigenvalue weighted by Gasteiger charge is -2.26. The van der Waals surface area contributed by atoms with Gasteiger partial charge >= 0.3 is 0 Å². The highest BCUT2D eigenvalue weighted by molar-refractivity contribution is 8.00. The van der Waals surface area contributed by atoms with Gasteiger partial charge in [0.05, 0.1) is 30.8 Å². The summed E-state index contributed by atoms with van der Waals surface area (Å²) in [5.41, 5.74) is 0. The molecule has 1 aromatic rings. The van der Waals surface area contributed by atoms with E-state index < -0.39 is 0 Å². The molecule has 0 bridgehead atoms. The smallest absolute Gasteiger partial charge is 0.232 e. The second-order valence-electron chi connectivity index (χ2n) is 4.55. The largest absolute Gasteiger partial charge is 0.378 e. The maximum atomic E-state index is 11.9. The SMILES string of the molecule is CC(NC(=O)CSCC(=O)N1CCOCC1)c1nn[nH]n1. The van der Waals surface area contributed by atoms with Gasteiger partial charge in [-0.05, 0) is 6.92 Å². The number of hydrogen-bond acceptors (Lipinski definition) is 7. The van der Waals surface area contributed by atoms with E-state index in [2.05, 4.69) is 25.9 Å². The molecule has 1 atom stereocenters. The quantitative estimate of drug-likeness (QED) is 0.690. The van der Waals surface area contributed by atoms with Crippen LogP contribution in [0.5, 0.6) is 0 Å². The van der Waals surface area contributed by atoms with Gasteiger partial charge in [-0.2, -0.15) is 5.21 Å². The van der Waals surface area contributed by atoms with E-state index in [1.54, 1.807) is 11.8 Å². The van der Waals surface area contributed by atoms with Gasteiger partial charge in [0, 0.05) is 13.1 Å². The van der Waals surface area contributed by atoms with Crippen molar-refractivity contribution in [1.82, 2.24) is 30.8 Å². The van der Waals surface area contributed by atoms with E-state index in [0.717, 1.165) is 0 Å². The zero-order valence-electron chi connectivity index (χ0n) is 11.7. The van der Waals surface area contributed by atoms with Gasteiger partial charge in [-0.15, -0.1) is 22.0 Å². The Balaban J connectivity index is 1.63. The molecule has 1 fully saturated rings. The first-order valence-electron chi connectivity index (χ1n) is 6.63. The van der Waals surface area contributed by atoms with Crippen molar-refractivity contribution >= 4 is 23.6 Å². The predicted molar refractivity (Wildman–Crippen MR) is 75.5 cm³/mol. The summed E-state index contributed by atoms with van der Waals surface area (Å²) in [6.07, 6.45) is 0. The van der Waals surface area contributed by atoms with Gasteiger partial charge in [0.25, 0.3) is 0 Å². The first-order valence-corrected chi connectivity index (χ1v) is 7.78. The topological polar surface area (TPSA) is 113 Å². The molecule has 1 aliphatic heterocycles. The number of amides is 2. The van der Waals surface area contributed by atoms with Crippen molar-refractivity contribution in [2.24, 2.45) is 0 Å². The number of ether oxygens (including phenoxy) is 1. The number of carbonyl (C=O) groups excluding carboxylic acids is 2. The number of aromatic amines is 1. The lowest BCUT2D eigenvalue weighted by atomic mass is 10.3. The van der Waals surface area contributed by atoms with E-state index in [-0.39, 0.29) is 23.6 Å². The van der Waals surface area contributed by atoms with Gasteiger partial charge in [-0.1, -0.05) is 5.21 Å². The maximum absolute atomic E-state index is 11.9. The number of morpholine rings is 1. The number of nitrogens with one attached hydrogen (secondary N) is 2. The first-order chi connectivity index (χ1) is 10.2. The van der Waals surface area contributed by atoms with E-state index in [1.165, 1.54) is 11.8 Å². The summed E-state index contributed by atoms with van der Waals surface area (Å²) >= 11 is 1.29. The van der Waals surface area contributed by atoms with Crippen LogP contribution < -0.4 is 5.32 Å². The monoisotopic (exact) mass is 314 g/mol. The average Bonchev–Trinajstić information content (AvgIpc) is 3.02. The van der Waals surface area contributed by atoms with Gasteiger partial charge in [0.1, 0.15) is 0 Å². The fourth-order valence-electron chi connectivity index (χ4n) is 1.84. The normalized spacial score (nSPS) is 16.5. The minimum atomic E-state index is -0.313. The molecule has 1 aromatic heterocycles. The number of carbonyl (C=O) groups is 2. The molecule has 10 heteroatoms. The molecule has 116 valence electrons. The van der Waals surface area contributed by atoms with Crippen LogP contribution in [-0.2, 0) is 14.3 Å². The lowest BCUT2D eigenvalue weighted by molar-refractivity contribution is -0.132. The Bertz CT molecular complexity index is 463. The van der Waals surface area contributed by atoms with Crippen molar-refractivity contribution in [2.45, 2.75) is 13.0 Å². The van der Waals surface area contributed by atoms with E-state index in [0.29, 0.717) is 37.9 Å². The van der Waals surface area contributed by atoms with Crippen LogP contribution in [0, 0.1) is 0 Å². The van der Waals surface area contributed by atoms with Crippen LogP contribution in [0.1, 0.15) is 18.8 Å². The second kappa shape index (κ2) is 7.93. The third-order valence-electron chi connectivity index (χ3n) is 2.95. The Morgan fingerprint density at radius 1 is 1.43 bits per heavy atom. The summed E-state index contributed by atoms with van der Waals surface area (Å²) in [5, 5.41) is 16.1. The summed E-state index contributed by atoms with van der Waals surface area (Å²) in [6.45, 7) is 4.19. The molecule has 0 spiro atoms. The van der Waals surface area contributed by atoms with Crippen LogP contribution in [0.25, 0.3) is 0 Å². The Kier molecular flexibility index (Phi) is 5.93. The summed E-state index contributed by atoms with van der Waals surface area (Å²) in [7, 11) is 0. The van der Waals surface area contributed by atoms with E-state index >= 15 is 0 Å². The minimum absolute atomic E-state index is 0.0438. The third kappa shape index (κ3) is 4.97. The van der Waals surface area contributed by atoms with Gasteiger partial charge < -0.3 is 15.0 Å². The summed E-state index contributed by atoms with van der Waals surface area (Å²) < 4.78 is 5.19. The lowest BCUT2D eigenvalue weighted by Crippen LogP contribution is -2.41. The number of thioether (sulfide) groups is 1. The molecule has 0 aromatic carbocycles. The van der Waals surface area contributed by atoms with Gasteiger partial charge in [-0.3, -0.25) is 9.59 Å². The Morgan fingerprint density at radius 3 is 2.86 bits per heavy atom. The predicted octanol–water partition coefficient (Wildman–Crippen LogP) is -1.03. The molecule has 0 aliphatic carbocycles. The standard InChI is InChI=1S/C11H18N6O3S/c1-8(11-13-15-16-14-11)12-9(18)6-21-7-10(19)17-2-4-20-5-3-17/h8H,2-7H2,1H3,(H,12,18)(H,13,14,15,16). The van der Waals surface area contributed by atoms with Gasteiger partial charge in [-0.25, -0.2) is 0 Å². The highest BCUT2D eigenvalue weighted by atomic mass is 32.2. The number of tetrazole rings is 1. The molecule has 2 N–H and O–H groups in total. The highest BCUT2D eigenvalue weighted by Crippen LogP contribution is 2.07. The molecule has 2 heterocycles. The molecule has 0 saturated carbocycles. The molecular formula is C11H18N6O3S. The van der Waals surface area contributed by atoms with Crippen LogP contribution >= 0.6 is 11.8 Å². The van der Waals surface area contributed by atoms with Crippen molar-refractivity contribution in [3.8, 4) is 0 Å². The van der Waals surface area contributed by atoms with Crippen LogP contribution in [0.4, 0.5) is 0 Å². The second-order valence-corrected chi connectivity index (χ2v) is 5.53. The maximum Gasteiger partial charge on any atom is 0.232 e. The van der Waals surface area contributed by atoms with Crippen LogP contribution in [0.2, 0.25) is 0 Å². The molecule has 1 saturated heterocycles. The van der Waals surface area contributed by atoms with Crippen molar-refractivity contribution in [1.29, 1.82) is 0 Å². The zero-order chi connectivity index (χ0) is 15.1. The zero-order valence-corrected chi connectivity index (χ0v) is 12.6. The number of H-pyrrole nitrogens is 1. The van der Waals surface area contributed by atoms with E-state index in [9.17, 15) is 9.59 Å². The number of aromatic nitrogens is 4. The molecule has 21 heavy (non-hydrogen) atoms. The minimum Gasteiger partial charge on any atom is -0.378 e. The fourth-order valence-corrected chi connectivity index (χ4v) is 2.56. The number of hydrogen-bond donors (Lipinski definition) is 2. The average molecular weight is 314 g/mol. The Labute approximate surface area is 126 Å². The molecule has 1 unspecified atom stereocenters. The van der Waals surface area contributed by atoms with Gasteiger partial charge in [0.15, 0.2) is 5.82 Å².